The molecule has 15 rings (SSSR count). The molecule has 0 bridgehead atoms. The van der Waals surface area contributed by atoms with Crippen LogP contribution in [0.5, 0.6) is 23.0 Å². The van der Waals surface area contributed by atoms with Crippen LogP contribution in [0.1, 0.15) is 81.3 Å². The number of nitrogens with two attached hydrogens (primary N) is 20. The third kappa shape index (κ3) is 45.3. The van der Waals surface area contributed by atoms with Crippen LogP contribution in [0.2, 0.25) is 0 Å². The molecule has 0 aliphatic heterocycles. The highest BCUT2D eigenvalue weighted by atomic mass is 16.7. The Morgan fingerprint density at radius 2 is 0.474 bits per heavy atom. The lowest BCUT2D eigenvalue weighted by atomic mass is 9.97. The highest BCUT2D eigenvalue weighted by molar-refractivity contribution is 5.59. The van der Waals surface area contributed by atoms with Gasteiger partial charge in [-0.05, 0) is 388 Å². The predicted octanol–water partition coefficient (Wildman–Crippen LogP) is 17.3. The molecule has 0 aromatic heterocycles. The van der Waals surface area contributed by atoms with Crippen molar-refractivity contribution in [2.45, 2.75) is 71.3 Å². The van der Waals surface area contributed by atoms with Crippen LogP contribution < -0.4 is 139 Å². The van der Waals surface area contributed by atoms with Gasteiger partial charge in [-0.3, -0.25) is 0 Å². The minimum atomic E-state index is -0.509. The van der Waals surface area contributed by atoms with E-state index in [0.29, 0.717) is 11.4 Å². The number of aryl methyl sites for hydroxylation is 2. The fourth-order valence-electron chi connectivity index (χ4n) is 12.4. The van der Waals surface area contributed by atoms with Crippen LogP contribution in [0.25, 0.3) is 0 Å². The number of aliphatic hydroxyl groups excluding tert-OH is 1. The van der Waals surface area contributed by atoms with Gasteiger partial charge in [0.15, 0.2) is 0 Å². The Balaban J connectivity index is 0.000000234. The number of unbranched alkanes of at least 4 members (excludes halogenated alkanes) is 3. The summed E-state index contributed by atoms with van der Waals surface area (Å²) in [5, 5.41) is 8.42. The maximum atomic E-state index is 8.42. The van der Waals surface area contributed by atoms with Gasteiger partial charge >= 0.3 is 0 Å². The quantitative estimate of drug-likeness (QED) is 0.0144. The summed E-state index contributed by atoms with van der Waals surface area (Å²) < 4.78 is 16.3. The number of hydrogen-bond donors (Lipinski definition) is 21. The zero-order valence-electron chi connectivity index (χ0n) is 78.1. The zero-order chi connectivity index (χ0) is 98.2. The van der Waals surface area contributed by atoms with Gasteiger partial charge in [-0.1, -0.05) is 97.8 Å². The normalized spacial score (nSPS) is 10.0. The Labute approximate surface area is 797 Å². The molecule has 0 radical (unpaired) electrons. The van der Waals surface area contributed by atoms with Gasteiger partial charge in [-0.2, -0.15) is 0 Å². The second-order valence-corrected chi connectivity index (χ2v) is 31.8. The summed E-state index contributed by atoms with van der Waals surface area (Å²) in [6.07, 6.45) is 7.92. The van der Waals surface area contributed by atoms with Crippen molar-refractivity contribution in [3.05, 3.63) is 407 Å². The van der Waals surface area contributed by atoms with Gasteiger partial charge in [-0.25, -0.2) is 0 Å². The fraction of sp³-hybridized carbons (Fsp3) is 0.174. The number of nitrogen functional groups attached to an aromatic ring is 16. The molecule has 0 saturated carbocycles. The molecular weight excluding hydrogens is 1680 g/mol. The summed E-state index contributed by atoms with van der Waals surface area (Å²) in [5.41, 5.74) is 137. The molecule has 0 spiro atoms. The summed E-state index contributed by atoms with van der Waals surface area (Å²) in [7, 11) is 4.11. The van der Waals surface area contributed by atoms with Crippen molar-refractivity contribution in [3.63, 3.8) is 0 Å². The third-order valence-corrected chi connectivity index (χ3v) is 20.1. The molecule has 26 nitrogen and oxygen atoms in total. The highest BCUT2D eigenvalue weighted by Crippen LogP contribution is 2.27. The second kappa shape index (κ2) is 60.0. The van der Waals surface area contributed by atoms with Gasteiger partial charge in [0, 0.05) is 130 Å². The van der Waals surface area contributed by atoms with Gasteiger partial charge in [-0.15, -0.1) is 0 Å². The van der Waals surface area contributed by atoms with Gasteiger partial charge in [0.2, 0.25) is 6.79 Å². The Hall–Kier alpha value is -16.1. The molecule has 41 N–H and O–H groups in total. The molecule has 0 atom stereocenters. The van der Waals surface area contributed by atoms with Crippen LogP contribution in [-0.2, 0) is 25.7 Å². The first-order chi connectivity index (χ1) is 64.8. The van der Waals surface area contributed by atoms with Gasteiger partial charge in [0.05, 0.1) is 12.8 Å². The SMILES string of the molecule is CN(CN(C)c1ccc(N)cc1)c1ccc(N)cc1.Cc1cc(N)ccc1Cc1ccc(N)cc1C.NCC(O)CN.NCCCCCCN.Nc1ccc(Cc2ccc(N)cc2)cc1.Nc1ccc(Cc2ccc(N)cc2)cc1.Nc1ccc(N)cc1.Nc1ccc(OCOc2ccc(N)cc2)cc1.Nc1ccc(Oc2ccc(N)cc2)cc1.Nc1cccc(Cc2cccc(N)c2)c1. The molecule has 135 heavy (non-hydrogen) atoms. The largest absolute Gasteiger partial charge is 0.458 e. The molecular formula is C109H140N22O4. The van der Waals surface area contributed by atoms with E-state index in [1.54, 1.807) is 97.1 Å². The number of anilines is 18. The Morgan fingerprint density at radius 1 is 0.244 bits per heavy atom. The first-order valence-electron chi connectivity index (χ1n) is 44.2. The maximum Gasteiger partial charge on any atom is 0.230 e. The number of rotatable bonds is 25. The summed E-state index contributed by atoms with van der Waals surface area (Å²) >= 11 is 0. The van der Waals surface area contributed by atoms with E-state index in [9.17, 15) is 0 Å². The first-order valence-corrected chi connectivity index (χ1v) is 44.2. The molecule has 0 heterocycles. The number of nitrogens with zero attached hydrogens (tertiary/aromatic N) is 2. The van der Waals surface area contributed by atoms with E-state index >= 15 is 0 Å². The zero-order valence-corrected chi connectivity index (χ0v) is 78.1. The standard InChI is InChI=1S/C15H20N4.C15H18N2.C13H14N2O2.3C13H14N2.C12H12N2O.C6H8N2.C6H16N2.C3H10N2O/c1-18(14-7-3-12(16)4-8-14)11-19(2)15-9-5-13(17)6-10-15;1-10-7-14(16)5-3-12(10)9-13-4-6-15(17)8-11(13)2;14-10-1-5-12(6-2-10)16-9-17-13-7-3-11(15)4-8-13;2*14-12-5-1-10(2-6-12)9-11-3-7-13(15)8-4-11;14-12-5-1-3-10(8-12)7-11-4-2-6-13(15)9-11;13-9-1-5-11(6-2-9)15-12-7-3-10(14)4-8-12;7-5-1-2-6(8)4-3-5;7-5-3-1-2-4-6-8;4-1-3(6)2-5/h3-10H,11,16-17H2,1-2H3;3-8H,9,16-17H2,1-2H3;1-8H,9,14-15H2;2*1-8H,9,14-15H2;1-6,8-9H,7,14-15H2;1-8H,13-14H2;1-4H,7-8H2;1-8H2;3,6H,1-2,4-5H2. The van der Waals surface area contributed by atoms with E-state index in [4.69, 9.17) is 134 Å². The topological polar surface area (TPSA) is 575 Å². The monoisotopic (exact) mass is 1820 g/mol. The minimum Gasteiger partial charge on any atom is -0.458 e. The number of benzene rings is 15. The molecule has 0 aliphatic carbocycles. The Bertz CT molecular complexity index is 5190. The van der Waals surface area contributed by atoms with E-state index in [0.717, 1.165) is 172 Å². The predicted molar refractivity (Wildman–Crippen MR) is 576 cm³/mol. The number of aliphatic hydroxyl groups is 1. The fourth-order valence-corrected chi connectivity index (χ4v) is 12.4. The van der Waals surface area contributed by atoms with Crippen molar-refractivity contribution in [3.8, 4) is 23.0 Å². The maximum absolute atomic E-state index is 8.42. The Morgan fingerprint density at radius 3 is 0.719 bits per heavy atom. The van der Waals surface area contributed by atoms with Gasteiger partial charge in [0.25, 0.3) is 0 Å². The molecule has 0 unspecified atom stereocenters. The number of hydrogen-bond acceptors (Lipinski definition) is 26. The molecule has 0 fully saturated rings. The van der Waals surface area contributed by atoms with E-state index in [2.05, 4.69) is 62.0 Å². The van der Waals surface area contributed by atoms with E-state index < -0.39 is 6.10 Å². The Kier molecular flexibility index (Phi) is 47.8. The smallest absolute Gasteiger partial charge is 0.230 e. The van der Waals surface area contributed by atoms with E-state index in [1.807, 2.05) is 231 Å². The van der Waals surface area contributed by atoms with Crippen LogP contribution in [0.4, 0.5) is 102 Å². The van der Waals surface area contributed by atoms with Crippen LogP contribution in [0.3, 0.4) is 0 Å². The summed E-state index contributed by atoms with van der Waals surface area (Å²) in [5.74, 6) is 2.95. The molecule has 710 valence electrons. The minimum absolute atomic E-state index is 0.147. The lowest BCUT2D eigenvalue weighted by molar-refractivity contribution is 0.120. The number of ether oxygens (including phenoxy) is 3. The summed E-state index contributed by atoms with van der Waals surface area (Å²) in [6.45, 7) is 7.29. The lowest BCUT2D eigenvalue weighted by Gasteiger charge is -2.28. The molecule has 0 aliphatic rings. The molecule has 0 saturated heterocycles. The van der Waals surface area contributed by atoms with Gasteiger partial charge in [0.1, 0.15) is 23.0 Å². The average Bonchev–Trinajstić information content (AvgIpc) is 0.855. The van der Waals surface area contributed by atoms with E-state index in [-0.39, 0.29) is 19.9 Å². The van der Waals surface area contributed by atoms with Crippen LogP contribution in [-0.4, -0.2) is 64.9 Å². The van der Waals surface area contributed by atoms with Crippen molar-refractivity contribution >= 4 is 102 Å². The highest BCUT2D eigenvalue weighted by Gasteiger charge is 2.09. The summed E-state index contributed by atoms with van der Waals surface area (Å²) in [4.78, 5) is 4.32. The average molecular weight is 1820 g/mol. The molecule has 15 aromatic rings. The summed E-state index contributed by atoms with van der Waals surface area (Å²) in [6, 6.07) is 111. The van der Waals surface area contributed by atoms with Crippen molar-refractivity contribution in [2.75, 3.05) is 155 Å². The molecule has 0 amide bonds. The third-order valence-electron chi connectivity index (χ3n) is 20.1. The van der Waals surface area contributed by atoms with E-state index in [1.165, 1.54) is 68.5 Å². The molecule has 15 aromatic carbocycles. The van der Waals surface area contributed by atoms with Crippen molar-refractivity contribution in [1.82, 2.24) is 0 Å². The first kappa shape index (κ1) is 108. The van der Waals surface area contributed by atoms with Crippen molar-refractivity contribution in [1.29, 1.82) is 0 Å². The van der Waals surface area contributed by atoms with Gasteiger partial charge < -0.3 is 144 Å². The van der Waals surface area contributed by atoms with Crippen molar-refractivity contribution in [2.24, 2.45) is 22.9 Å². The van der Waals surface area contributed by atoms with Crippen LogP contribution >= 0.6 is 0 Å². The van der Waals surface area contributed by atoms with Crippen LogP contribution in [0, 0.1) is 13.8 Å². The van der Waals surface area contributed by atoms with Crippen molar-refractivity contribution < 1.29 is 19.3 Å². The molecule has 26 heteroatoms. The van der Waals surface area contributed by atoms with Crippen LogP contribution in [0.15, 0.2) is 352 Å². The second-order valence-electron chi connectivity index (χ2n) is 31.8. The lowest BCUT2D eigenvalue weighted by Crippen LogP contribution is -2.32.